The lowest BCUT2D eigenvalue weighted by Gasteiger charge is -2.27. The quantitative estimate of drug-likeness (QED) is 0.233. The molecule has 1 unspecified atom stereocenters. The van der Waals surface area contributed by atoms with Crippen molar-refractivity contribution in [3.05, 3.63) is 22.4 Å². The number of guanidine groups is 1. The van der Waals surface area contributed by atoms with Gasteiger partial charge in [-0.2, -0.15) is 0 Å². The van der Waals surface area contributed by atoms with Crippen LogP contribution in [0.25, 0.3) is 0 Å². The Hall–Kier alpha value is -0.380. The predicted molar refractivity (Wildman–Crippen MR) is 118 cm³/mol. The van der Waals surface area contributed by atoms with Gasteiger partial charge in [-0.1, -0.05) is 19.4 Å². The Labute approximate surface area is 173 Å². The number of unbranched alkanes of at least 4 members (excludes halogenated alkanes) is 1. The topological polar surface area (TPSA) is 48.9 Å². The third kappa shape index (κ3) is 8.23. The monoisotopic (exact) mass is 480 g/mol. The van der Waals surface area contributed by atoms with Crippen molar-refractivity contribution in [1.82, 2.24) is 15.5 Å². The average molecular weight is 480 g/mol. The third-order valence-corrected chi connectivity index (χ3v) is 5.29. The first-order valence-corrected chi connectivity index (χ1v) is 10.0. The van der Waals surface area contributed by atoms with Gasteiger partial charge in [0.05, 0.1) is 12.6 Å². The summed E-state index contributed by atoms with van der Waals surface area (Å²) in [5, 5.41) is 8.99. The number of likely N-dealkylation sites (tertiary alicyclic amines) is 1. The minimum absolute atomic E-state index is 0. The van der Waals surface area contributed by atoms with Gasteiger partial charge in [-0.05, 0) is 43.8 Å². The zero-order valence-corrected chi connectivity index (χ0v) is 18.6. The summed E-state index contributed by atoms with van der Waals surface area (Å²) in [6.07, 6.45) is 4.93. The van der Waals surface area contributed by atoms with E-state index in [0.717, 1.165) is 38.7 Å². The molecule has 0 saturated carbocycles. The highest BCUT2D eigenvalue weighted by Gasteiger charge is 2.24. The van der Waals surface area contributed by atoms with Crippen LogP contribution < -0.4 is 10.6 Å². The molecular weight excluding hydrogens is 447 g/mol. The highest BCUT2D eigenvalue weighted by Crippen LogP contribution is 2.27. The van der Waals surface area contributed by atoms with Crippen LogP contribution in [0.15, 0.2) is 22.5 Å². The molecule has 1 aromatic rings. The molecule has 0 aliphatic carbocycles. The van der Waals surface area contributed by atoms with Gasteiger partial charge in [0, 0.05) is 31.6 Å². The second kappa shape index (κ2) is 13.8. The SMILES string of the molecule is CCCCOCCNC(=NC)NCC(c1cccs1)N1CCCC1.I. The number of thiophene rings is 1. The molecule has 1 aliphatic heterocycles. The molecule has 1 atom stereocenters. The molecule has 0 radical (unpaired) electrons. The van der Waals surface area contributed by atoms with Crippen molar-refractivity contribution in [2.24, 2.45) is 4.99 Å². The molecule has 1 saturated heterocycles. The number of nitrogens with one attached hydrogen (secondary N) is 2. The smallest absolute Gasteiger partial charge is 0.191 e. The van der Waals surface area contributed by atoms with Crippen LogP contribution in [0, 0.1) is 0 Å². The van der Waals surface area contributed by atoms with Crippen LogP contribution >= 0.6 is 35.3 Å². The first-order chi connectivity index (χ1) is 11.8. The van der Waals surface area contributed by atoms with Crippen molar-refractivity contribution in [1.29, 1.82) is 0 Å². The lowest BCUT2D eigenvalue weighted by atomic mass is 10.2. The van der Waals surface area contributed by atoms with E-state index in [1.807, 2.05) is 18.4 Å². The fraction of sp³-hybridized carbons (Fsp3) is 0.722. The van der Waals surface area contributed by atoms with Crippen LogP contribution in [0.2, 0.25) is 0 Å². The first-order valence-electron chi connectivity index (χ1n) is 9.15. The summed E-state index contributed by atoms with van der Waals surface area (Å²) < 4.78 is 5.58. The molecule has 144 valence electrons. The predicted octanol–water partition coefficient (Wildman–Crippen LogP) is 3.48. The number of halogens is 1. The number of rotatable bonds is 10. The van der Waals surface area contributed by atoms with Gasteiger partial charge < -0.3 is 15.4 Å². The lowest BCUT2D eigenvalue weighted by Crippen LogP contribution is -2.43. The Bertz CT molecular complexity index is 464. The molecule has 0 aromatic carbocycles. The van der Waals surface area contributed by atoms with E-state index in [9.17, 15) is 0 Å². The number of nitrogens with zero attached hydrogens (tertiary/aromatic N) is 2. The fourth-order valence-electron chi connectivity index (χ4n) is 2.95. The van der Waals surface area contributed by atoms with Gasteiger partial charge in [-0.15, -0.1) is 35.3 Å². The lowest BCUT2D eigenvalue weighted by molar-refractivity contribution is 0.136. The summed E-state index contributed by atoms with van der Waals surface area (Å²) in [6.45, 7) is 7.81. The maximum absolute atomic E-state index is 5.58. The fourth-order valence-corrected chi connectivity index (χ4v) is 3.81. The van der Waals surface area contributed by atoms with E-state index in [1.54, 1.807) is 0 Å². The minimum Gasteiger partial charge on any atom is -0.380 e. The second-order valence-electron chi connectivity index (χ2n) is 6.12. The number of aliphatic imine (C=N–C) groups is 1. The van der Waals surface area contributed by atoms with Crippen molar-refractivity contribution in [3.63, 3.8) is 0 Å². The van der Waals surface area contributed by atoms with Gasteiger partial charge in [-0.25, -0.2) is 0 Å². The Morgan fingerprint density at radius 3 is 2.76 bits per heavy atom. The highest BCUT2D eigenvalue weighted by molar-refractivity contribution is 14.0. The Balaban J connectivity index is 0.00000312. The van der Waals surface area contributed by atoms with Gasteiger partial charge in [0.2, 0.25) is 0 Å². The van der Waals surface area contributed by atoms with E-state index in [4.69, 9.17) is 4.74 Å². The first kappa shape index (κ1) is 22.7. The van der Waals surface area contributed by atoms with Gasteiger partial charge in [-0.3, -0.25) is 9.89 Å². The van der Waals surface area contributed by atoms with Crippen molar-refractivity contribution in [2.75, 3.05) is 46.4 Å². The number of hydrogen-bond donors (Lipinski definition) is 2. The van der Waals surface area contributed by atoms with Crippen LogP contribution in [-0.4, -0.2) is 57.3 Å². The zero-order valence-electron chi connectivity index (χ0n) is 15.5. The van der Waals surface area contributed by atoms with Crippen LogP contribution in [0.5, 0.6) is 0 Å². The zero-order chi connectivity index (χ0) is 17.0. The van der Waals surface area contributed by atoms with Gasteiger partial charge in [0.1, 0.15) is 0 Å². The summed E-state index contributed by atoms with van der Waals surface area (Å²) in [5.74, 6) is 0.856. The van der Waals surface area contributed by atoms with E-state index < -0.39 is 0 Å². The molecule has 1 aromatic heterocycles. The molecule has 5 nitrogen and oxygen atoms in total. The largest absolute Gasteiger partial charge is 0.380 e. The average Bonchev–Trinajstić information content (AvgIpc) is 3.30. The number of ether oxygens (including phenoxy) is 1. The van der Waals surface area contributed by atoms with Crippen LogP contribution in [-0.2, 0) is 4.74 Å². The van der Waals surface area contributed by atoms with Gasteiger partial charge >= 0.3 is 0 Å². The molecule has 2 heterocycles. The van der Waals surface area contributed by atoms with Crippen molar-refractivity contribution >= 4 is 41.3 Å². The van der Waals surface area contributed by atoms with Crippen LogP contribution in [0.4, 0.5) is 0 Å². The minimum atomic E-state index is 0. The molecule has 0 bridgehead atoms. The molecule has 2 rings (SSSR count). The molecule has 1 fully saturated rings. The maximum Gasteiger partial charge on any atom is 0.191 e. The van der Waals surface area contributed by atoms with E-state index in [2.05, 4.69) is 45.0 Å². The van der Waals surface area contributed by atoms with Crippen LogP contribution in [0.3, 0.4) is 0 Å². The Kier molecular flexibility index (Phi) is 12.5. The molecule has 0 spiro atoms. The molecule has 7 heteroatoms. The Morgan fingerprint density at radius 1 is 1.32 bits per heavy atom. The van der Waals surface area contributed by atoms with Crippen molar-refractivity contribution in [2.45, 2.75) is 38.6 Å². The van der Waals surface area contributed by atoms with E-state index in [1.165, 1.54) is 37.2 Å². The Morgan fingerprint density at radius 2 is 2.12 bits per heavy atom. The highest BCUT2D eigenvalue weighted by atomic mass is 127. The van der Waals surface area contributed by atoms with Crippen LogP contribution in [0.1, 0.15) is 43.5 Å². The second-order valence-corrected chi connectivity index (χ2v) is 7.10. The maximum atomic E-state index is 5.58. The summed E-state index contributed by atoms with van der Waals surface area (Å²) in [7, 11) is 1.82. The van der Waals surface area contributed by atoms with Crippen molar-refractivity contribution < 1.29 is 4.74 Å². The van der Waals surface area contributed by atoms with E-state index in [0.29, 0.717) is 6.04 Å². The molecular formula is C18H33IN4OS. The summed E-state index contributed by atoms with van der Waals surface area (Å²) in [4.78, 5) is 8.34. The van der Waals surface area contributed by atoms with Gasteiger partial charge in [0.25, 0.3) is 0 Å². The normalized spacial score (nSPS) is 16.5. The summed E-state index contributed by atoms with van der Waals surface area (Å²) in [6, 6.07) is 4.82. The molecule has 25 heavy (non-hydrogen) atoms. The molecule has 1 aliphatic rings. The molecule has 0 amide bonds. The number of hydrogen-bond acceptors (Lipinski definition) is 4. The van der Waals surface area contributed by atoms with E-state index >= 15 is 0 Å². The standard InChI is InChI=1S/C18H32N4OS.HI/c1-3-4-12-23-13-9-20-18(19-2)21-15-16(17-8-7-14-24-17)22-10-5-6-11-22;/h7-8,14,16H,3-6,9-13,15H2,1-2H3,(H2,19,20,21);1H. The van der Waals surface area contributed by atoms with Gasteiger partial charge in [0.15, 0.2) is 5.96 Å². The summed E-state index contributed by atoms with van der Waals surface area (Å²) >= 11 is 1.84. The third-order valence-electron chi connectivity index (χ3n) is 4.32. The van der Waals surface area contributed by atoms with E-state index in [-0.39, 0.29) is 24.0 Å². The molecule has 2 N–H and O–H groups in total. The van der Waals surface area contributed by atoms with Crippen molar-refractivity contribution in [3.8, 4) is 0 Å². The summed E-state index contributed by atoms with van der Waals surface area (Å²) in [5.41, 5.74) is 0.